The number of nitrogens with zero attached hydrogens (tertiary/aromatic N) is 2. The smallest absolute Gasteiger partial charge is 0.310 e. The zero-order valence-corrected chi connectivity index (χ0v) is 17.5. The van der Waals surface area contributed by atoms with Crippen molar-refractivity contribution in [1.29, 1.82) is 0 Å². The van der Waals surface area contributed by atoms with Crippen LogP contribution in [0.2, 0.25) is 0 Å². The summed E-state index contributed by atoms with van der Waals surface area (Å²) in [5.41, 5.74) is 0.325. The van der Waals surface area contributed by atoms with Crippen molar-refractivity contribution in [3.05, 3.63) is 35.4 Å². The lowest BCUT2D eigenvalue weighted by Crippen LogP contribution is -2.48. The lowest BCUT2D eigenvalue weighted by Gasteiger charge is -2.34. The van der Waals surface area contributed by atoms with Crippen LogP contribution in [0, 0.1) is 17.6 Å². The van der Waals surface area contributed by atoms with Gasteiger partial charge in [-0.3, -0.25) is 9.79 Å². The van der Waals surface area contributed by atoms with E-state index in [1.54, 1.807) is 20.0 Å². The SMILES string of the molecule is CCOC(=O)C1CCCN(C(=NC)NCCc2cccc(F)c2F)C1.I. The Morgan fingerprint density at radius 2 is 2.19 bits per heavy atom. The molecule has 1 saturated heterocycles. The summed E-state index contributed by atoms with van der Waals surface area (Å²) in [5.74, 6) is -1.32. The van der Waals surface area contributed by atoms with E-state index in [4.69, 9.17) is 4.74 Å². The fourth-order valence-electron chi connectivity index (χ4n) is 3.00. The van der Waals surface area contributed by atoms with Crippen LogP contribution >= 0.6 is 24.0 Å². The van der Waals surface area contributed by atoms with E-state index in [-0.39, 0.29) is 35.9 Å². The Morgan fingerprint density at radius 1 is 1.42 bits per heavy atom. The third kappa shape index (κ3) is 6.07. The van der Waals surface area contributed by atoms with E-state index in [0.717, 1.165) is 25.5 Å². The highest BCUT2D eigenvalue weighted by Crippen LogP contribution is 2.18. The molecule has 26 heavy (non-hydrogen) atoms. The maximum absolute atomic E-state index is 13.7. The number of guanidine groups is 1. The van der Waals surface area contributed by atoms with Crippen molar-refractivity contribution in [2.24, 2.45) is 10.9 Å². The van der Waals surface area contributed by atoms with E-state index in [0.29, 0.717) is 37.6 Å². The summed E-state index contributed by atoms with van der Waals surface area (Å²) in [6.45, 7) is 3.94. The largest absolute Gasteiger partial charge is 0.466 e. The summed E-state index contributed by atoms with van der Waals surface area (Å²) in [5, 5.41) is 3.16. The highest BCUT2D eigenvalue weighted by Gasteiger charge is 2.28. The van der Waals surface area contributed by atoms with Crippen LogP contribution in [0.1, 0.15) is 25.3 Å². The maximum Gasteiger partial charge on any atom is 0.310 e. The van der Waals surface area contributed by atoms with Gasteiger partial charge in [-0.25, -0.2) is 8.78 Å². The zero-order valence-electron chi connectivity index (χ0n) is 15.1. The Bertz CT molecular complexity index is 628. The molecule has 0 saturated carbocycles. The molecule has 5 nitrogen and oxygen atoms in total. The monoisotopic (exact) mass is 481 g/mol. The molecule has 1 aliphatic rings. The molecule has 2 rings (SSSR count). The maximum atomic E-state index is 13.7. The van der Waals surface area contributed by atoms with Gasteiger partial charge in [0.25, 0.3) is 0 Å². The van der Waals surface area contributed by atoms with Gasteiger partial charge in [0, 0.05) is 26.7 Å². The summed E-state index contributed by atoms with van der Waals surface area (Å²) in [4.78, 5) is 18.2. The van der Waals surface area contributed by atoms with Gasteiger partial charge in [0.05, 0.1) is 12.5 Å². The second-order valence-corrected chi connectivity index (χ2v) is 5.97. The molecule has 1 N–H and O–H groups in total. The number of aliphatic imine (C=N–C) groups is 1. The van der Waals surface area contributed by atoms with E-state index in [9.17, 15) is 13.6 Å². The van der Waals surface area contributed by atoms with Gasteiger partial charge < -0.3 is 15.0 Å². The number of likely N-dealkylation sites (tertiary alicyclic amines) is 1. The van der Waals surface area contributed by atoms with Gasteiger partial charge in [0.1, 0.15) is 0 Å². The van der Waals surface area contributed by atoms with Gasteiger partial charge in [-0.2, -0.15) is 0 Å². The lowest BCUT2D eigenvalue weighted by molar-refractivity contribution is -0.149. The topological polar surface area (TPSA) is 53.9 Å². The van der Waals surface area contributed by atoms with Crippen LogP contribution in [0.5, 0.6) is 0 Å². The summed E-state index contributed by atoms with van der Waals surface area (Å²) < 4.78 is 32.0. The number of ether oxygens (including phenoxy) is 1. The fourth-order valence-corrected chi connectivity index (χ4v) is 3.00. The van der Waals surface area contributed by atoms with Crippen LogP contribution < -0.4 is 5.32 Å². The van der Waals surface area contributed by atoms with Crippen LogP contribution in [-0.2, 0) is 16.0 Å². The zero-order chi connectivity index (χ0) is 18.2. The highest BCUT2D eigenvalue weighted by atomic mass is 127. The first-order valence-electron chi connectivity index (χ1n) is 8.62. The molecule has 1 aliphatic heterocycles. The number of hydrogen-bond donors (Lipinski definition) is 1. The lowest BCUT2D eigenvalue weighted by atomic mass is 9.98. The van der Waals surface area contributed by atoms with Gasteiger partial charge >= 0.3 is 5.97 Å². The molecular weight excluding hydrogens is 455 g/mol. The molecule has 1 aromatic rings. The molecule has 0 spiro atoms. The standard InChI is InChI=1S/C18H25F2N3O2.HI/c1-3-25-17(24)14-7-5-11-23(12-14)18(21-2)22-10-9-13-6-4-8-15(19)16(13)20;/h4,6,8,14H,3,5,7,9-12H2,1-2H3,(H,21,22);1H. The first kappa shape index (κ1) is 22.6. The first-order chi connectivity index (χ1) is 12.1. The molecule has 8 heteroatoms. The van der Waals surface area contributed by atoms with Crippen molar-refractivity contribution in [2.45, 2.75) is 26.2 Å². The summed E-state index contributed by atoms with van der Waals surface area (Å²) in [7, 11) is 1.67. The average Bonchev–Trinajstić information content (AvgIpc) is 2.62. The second-order valence-electron chi connectivity index (χ2n) is 5.97. The predicted octanol–water partition coefficient (Wildman–Crippen LogP) is 2.98. The summed E-state index contributed by atoms with van der Waals surface area (Å²) in [6, 6.07) is 4.17. The number of halogens is 3. The van der Waals surface area contributed by atoms with Crippen LogP contribution in [-0.4, -0.2) is 50.1 Å². The molecule has 1 unspecified atom stereocenters. The van der Waals surface area contributed by atoms with E-state index >= 15 is 0 Å². The van der Waals surface area contributed by atoms with Gasteiger partial charge in [0.2, 0.25) is 0 Å². The van der Waals surface area contributed by atoms with Gasteiger partial charge in [0.15, 0.2) is 17.6 Å². The molecule has 0 radical (unpaired) electrons. The number of carbonyl (C=O) groups excluding carboxylic acids is 1. The van der Waals surface area contributed by atoms with Gasteiger partial charge in [-0.1, -0.05) is 12.1 Å². The van der Waals surface area contributed by atoms with Gasteiger partial charge in [-0.05, 0) is 37.8 Å². The Kier molecular flexibility index (Phi) is 9.82. The number of carbonyl (C=O) groups is 1. The van der Waals surface area contributed by atoms with Gasteiger partial charge in [-0.15, -0.1) is 24.0 Å². The quantitative estimate of drug-likeness (QED) is 0.304. The van der Waals surface area contributed by atoms with Crippen molar-refractivity contribution in [3.63, 3.8) is 0 Å². The minimum atomic E-state index is -0.838. The molecule has 1 aromatic carbocycles. The summed E-state index contributed by atoms with van der Waals surface area (Å²) in [6.07, 6.45) is 2.03. The molecule has 0 aliphatic carbocycles. The molecular formula is C18H26F2IN3O2. The van der Waals surface area contributed by atoms with Crippen molar-refractivity contribution < 1.29 is 18.3 Å². The van der Waals surface area contributed by atoms with Crippen molar-refractivity contribution in [3.8, 4) is 0 Å². The number of benzene rings is 1. The average molecular weight is 481 g/mol. The van der Waals surface area contributed by atoms with E-state index in [1.807, 2.05) is 4.90 Å². The van der Waals surface area contributed by atoms with E-state index in [2.05, 4.69) is 10.3 Å². The third-order valence-corrected chi connectivity index (χ3v) is 4.26. The molecule has 0 bridgehead atoms. The molecule has 0 aromatic heterocycles. The van der Waals surface area contributed by atoms with Crippen LogP contribution in [0.25, 0.3) is 0 Å². The molecule has 1 atom stereocenters. The van der Waals surface area contributed by atoms with E-state index in [1.165, 1.54) is 6.07 Å². The fraction of sp³-hybridized carbons (Fsp3) is 0.556. The number of piperidine rings is 1. The van der Waals surface area contributed by atoms with Crippen LogP contribution in [0.15, 0.2) is 23.2 Å². The third-order valence-electron chi connectivity index (χ3n) is 4.26. The number of rotatable bonds is 5. The second kappa shape index (κ2) is 11.3. The minimum Gasteiger partial charge on any atom is -0.466 e. The molecule has 0 amide bonds. The number of esters is 1. The van der Waals surface area contributed by atoms with Crippen molar-refractivity contribution in [1.82, 2.24) is 10.2 Å². The predicted molar refractivity (Wildman–Crippen MR) is 108 cm³/mol. The Morgan fingerprint density at radius 3 is 2.88 bits per heavy atom. The molecule has 146 valence electrons. The van der Waals surface area contributed by atoms with Crippen molar-refractivity contribution in [2.75, 3.05) is 33.3 Å². The van der Waals surface area contributed by atoms with Crippen LogP contribution in [0.4, 0.5) is 8.78 Å². The number of hydrogen-bond acceptors (Lipinski definition) is 3. The molecule has 1 heterocycles. The molecule has 1 fully saturated rings. The normalized spacial score (nSPS) is 17.5. The Hall–Kier alpha value is -1.45. The van der Waals surface area contributed by atoms with E-state index < -0.39 is 11.6 Å². The van der Waals surface area contributed by atoms with Crippen molar-refractivity contribution >= 4 is 35.9 Å². The first-order valence-corrected chi connectivity index (χ1v) is 8.62. The Balaban J connectivity index is 0.00000338. The highest BCUT2D eigenvalue weighted by molar-refractivity contribution is 14.0. The number of nitrogens with one attached hydrogen (secondary N) is 1. The summed E-state index contributed by atoms with van der Waals surface area (Å²) >= 11 is 0. The Labute approximate surface area is 170 Å². The van der Waals surface area contributed by atoms with Crippen LogP contribution in [0.3, 0.4) is 0 Å². The minimum absolute atomic E-state index is 0.